The summed E-state index contributed by atoms with van der Waals surface area (Å²) in [6.45, 7) is 3.98. The van der Waals surface area contributed by atoms with Gasteiger partial charge >= 0.3 is 0 Å². The zero-order valence-electron chi connectivity index (χ0n) is 17.8. The third kappa shape index (κ3) is 5.55. The number of amides is 1. The van der Waals surface area contributed by atoms with Crippen molar-refractivity contribution in [3.63, 3.8) is 0 Å². The maximum absolute atomic E-state index is 12.4. The average Bonchev–Trinajstić information content (AvgIpc) is 3.04. The Morgan fingerprint density at radius 1 is 1.16 bits per heavy atom. The summed E-state index contributed by atoms with van der Waals surface area (Å²) in [4.78, 5) is 12.4. The van der Waals surface area contributed by atoms with Crippen molar-refractivity contribution in [2.24, 2.45) is 5.14 Å². The van der Waals surface area contributed by atoms with Crippen molar-refractivity contribution >= 4 is 21.6 Å². The molecule has 166 valence electrons. The van der Waals surface area contributed by atoms with Crippen LogP contribution < -0.4 is 15.2 Å². The maximum atomic E-state index is 12.4. The molecule has 8 nitrogen and oxygen atoms in total. The van der Waals surface area contributed by atoms with Gasteiger partial charge in [-0.05, 0) is 74.4 Å². The molecular formula is C23H24N4O4S. The first-order valence-electron chi connectivity index (χ1n) is 9.83. The normalized spacial score (nSPS) is 11.1. The van der Waals surface area contributed by atoms with Gasteiger partial charge in [0.1, 0.15) is 12.4 Å². The van der Waals surface area contributed by atoms with Crippen molar-refractivity contribution in [3.05, 3.63) is 65.5 Å². The van der Waals surface area contributed by atoms with E-state index in [0.717, 1.165) is 17.0 Å². The highest BCUT2D eigenvalue weighted by atomic mass is 32.2. The molecule has 3 aromatic rings. The van der Waals surface area contributed by atoms with Gasteiger partial charge < -0.3 is 10.1 Å². The number of hydrogen-bond acceptors (Lipinski definition) is 5. The fraction of sp³-hybridized carbons (Fsp3) is 0.217. The Morgan fingerprint density at radius 3 is 2.41 bits per heavy atom. The van der Waals surface area contributed by atoms with Crippen molar-refractivity contribution in [2.75, 3.05) is 11.9 Å². The average molecular weight is 453 g/mol. The van der Waals surface area contributed by atoms with Crippen LogP contribution in [0.15, 0.2) is 53.4 Å². The molecule has 32 heavy (non-hydrogen) atoms. The van der Waals surface area contributed by atoms with Crippen molar-refractivity contribution < 1.29 is 17.9 Å². The van der Waals surface area contributed by atoms with Crippen LogP contribution in [0.5, 0.6) is 5.75 Å². The number of aromatic nitrogens is 2. The van der Waals surface area contributed by atoms with Crippen LogP contribution in [-0.2, 0) is 21.2 Å². The fourth-order valence-corrected chi connectivity index (χ4v) is 3.80. The van der Waals surface area contributed by atoms with Crippen LogP contribution in [0.1, 0.15) is 23.4 Å². The van der Waals surface area contributed by atoms with Gasteiger partial charge in [0.05, 0.1) is 16.3 Å². The molecule has 0 saturated heterocycles. The Balaban J connectivity index is 1.65. The molecule has 0 unspecified atom stereocenters. The molecule has 3 N–H and O–H groups in total. The van der Waals surface area contributed by atoms with Crippen LogP contribution in [0.25, 0.3) is 5.69 Å². The molecular weight excluding hydrogens is 428 g/mol. The minimum absolute atomic E-state index is 0.0373. The number of nitrogens with zero attached hydrogens (tertiary/aromatic N) is 2. The number of carbonyl (C=O) groups excluding carboxylic acids is 1. The molecule has 0 fully saturated rings. The van der Waals surface area contributed by atoms with Crippen LogP contribution >= 0.6 is 0 Å². The summed E-state index contributed by atoms with van der Waals surface area (Å²) in [6, 6.07) is 13.2. The second-order valence-electron chi connectivity index (χ2n) is 7.17. The summed E-state index contributed by atoms with van der Waals surface area (Å²) < 4.78 is 29.9. The van der Waals surface area contributed by atoms with E-state index < -0.39 is 10.0 Å². The number of primary sulfonamides is 1. The number of ether oxygens (including phenoxy) is 1. The van der Waals surface area contributed by atoms with Crippen molar-refractivity contribution in [1.29, 1.82) is 0 Å². The highest BCUT2D eigenvalue weighted by Crippen LogP contribution is 2.21. The molecule has 0 aliphatic carbocycles. The van der Waals surface area contributed by atoms with Gasteiger partial charge in [-0.3, -0.25) is 4.79 Å². The van der Waals surface area contributed by atoms with Gasteiger partial charge in [-0.25, -0.2) is 18.2 Å². The van der Waals surface area contributed by atoms with Crippen LogP contribution in [0.3, 0.4) is 0 Å². The summed E-state index contributed by atoms with van der Waals surface area (Å²) in [6.07, 6.45) is 5.97. The lowest BCUT2D eigenvalue weighted by molar-refractivity contribution is -0.116. The number of benzene rings is 2. The third-order valence-corrected chi connectivity index (χ3v) is 5.84. The first-order chi connectivity index (χ1) is 15.2. The number of carbonyl (C=O) groups is 1. The minimum atomic E-state index is -3.75. The number of sulfonamides is 1. The van der Waals surface area contributed by atoms with E-state index in [2.05, 4.69) is 16.3 Å². The standard InChI is InChI=1S/C23H24N4O4S/c1-4-15-31-20-9-5-18(6-10-20)25-23(28)14-13-22-16(2)26-27(17(22)3)19-7-11-21(12-8-19)32(24,29)30/h1,5-12H,13-15H2,2-3H3,(H,25,28)(H2,24,29,30). The molecule has 0 atom stereocenters. The van der Waals surface area contributed by atoms with Crippen LogP contribution in [0.2, 0.25) is 0 Å². The second kappa shape index (κ2) is 9.68. The van der Waals surface area contributed by atoms with E-state index in [-0.39, 0.29) is 23.8 Å². The van der Waals surface area contributed by atoms with Gasteiger partial charge in [-0.2, -0.15) is 5.10 Å². The predicted molar refractivity (Wildman–Crippen MR) is 122 cm³/mol. The highest BCUT2D eigenvalue weighted by Gasteiger charge is 2.15. The van der Waals surface area contributed by atoms with Crippen LogP contribution in [0.4, 0.5) is 5.69 Å². The molecule has 9 heteroatoms. The summed E-state index contributed by atoms with van der Waals surface area (Å²) in [7, 11) is -3.75. The quantitative estimate of drug-likeness (QED) is 0.510. The third-order valence-electron chi connectivity index (χ3n) is 4.91. The number of nitrogens with two attached hydrogens (primary N) is 1. The summed E-state index contributed by atoms with van der Waals surface area (Å²) in [5.41, 5.74) is 4.03. The molecule has 0 aliphatic rings. The molecule has 0 radical (unpaired) electrons. The van der Waals surface area contributed by atoms with E-state index >= 15 is 0 Å². The van der Waals surface area contributed by atoms with E-state index in [0.29, 0.717) is 23.5 Å². The number of hydrogen-bond donors (Lipinski definition) is 2. The number of terminal acetylenes is 1. The lowest BCUT2D eigenvalue weighted by atomic mass is 10.1. The van der Waals surface area contributed by atoms with E-state index in [9.17, 15) is 13.2 Å². The molecule has 0 bridgehead atoms. The van der Waals surface area contributed by atoms with Crippen molar-refractivity contribution in [3.8, 4) is 23.8 Å². The van der Waals surface area contributed by atoms with Crippen molar-refractivity contribution in [1.82, 2.24) is 9.78 Å². The molecule has 2 aromatic carbocycles. The molecule has 1 amide bonds. The van der Waals surface area contributed by atoms with Gasteiger partial charge in [0, 0.05) is 17.8 Å². The Morgan fingerprint density at radius 2 is 1.81 bits per heavy atom. The lowest BCUT2D eigenvalue weighted by Gasteiger charge is -2.08. The number of rotatable bonds is 8. The van der Waals surface area contributed by atoms with Gasteiger partial charge in [0.15, 0.2) is 0 Å². The lowest BCUT2D eigenvalue weighted by Crippen LogP contribution is -2.13. The van der Waals surface area contributed by atoms with E-state index in [1.165, 1.54) is 12.1 Å². The molecule has 1 heterocycles. The van der Waals surface area contributed by atoms with Gasteiger partial charge in [-0.1, -0.05) is 5.92 Å². The Kier molecular flexibility index (Phi) is 6.98. The van der Waals surface area contributed by atoms with Crippen molar-refractivity contribution in [2.45, 2.75) is 31.6 Å². The zero-order chi connectivity index (χ0) is 23.3. The Hall–Kier alpha value is -3.61. The summed E-state index contributed by atoms with van der Waals surface area (Å²) >= 11 is 0. The SMILES string of the molecule is C#CCOc1ccc(NC(=O)CCc2c(C)nn(-c3ccc(S(N)(=O)=O)cc3)c2C)cc1. The molecule has 1 aromatic heterocycles. The fourth-order valence-electron chi connectivity index (χ4n) is 3.29. The molecule has 0 saturated carbocycles. The number of nitrogens with one attached hydrogen (secondary N) is 1. The van der Waals surface area contributed by atoms with Gasteiger partial charge in [0.2, 0.25) is 15.9 Å². The van der Waals surface area contributed by atoms with Crippen LogP contribution in [-0.4, -0.2) is 30.7 Å². The van der Waals surface area contributed by atoms with Crippen LogP contribution in [0, 0.1) is 26.2 Å². The first-order valence-corrected chi connectivity index (χ1v) is 11.4. The van der Waals surface area contributed by atoms with E-state index in [1.54, 1.807) is 41.1 Å². The number of aryl methyl sites for hydroxylation is 1. The van der Waals surface area contributed by atoms with E-state index in [1.807, 2.05) is 13.8 Å². The smallest absolute Gasteiger partial charge is 0.238 e. The monoisotopic (exact) mass is 452 g/mol. The highest BCUT2D eigenvalue weighted by molar-refractivity contribution is 7.89. The topological polar surface area (TPSA) is 116 Å². The number of anilines is 1. The largest absolute Gasteiger partial charge is 0.481 e. The predicted octanol–water partition coefficient (Wildman–Crippen LogP) is 2.72. The van der Waals surface area contributed by atoms with Gasteiger partial charge in [0.25, 0.3) is 0 Å². The minimum Gasteiger partial charge on any atom is -0.481 e. The first kappa shape index (κ1) is 23.1. The summed E-state index contributed by atoms with van der Waals surface area (Å²) in [5.74, 6) is 2.91. The zero-order valence-corrected chi connectivity index (χ0v) is 18.6. The molecule has 0 aliphatic heterocycles. The molecule has 3 rings (SSSR count). The van der Waals surface area contributed by atoms with Gasteiger partial charge in [-0.15, -0.1) is 6.42 Å². The maximum Gasteiger partial charge on any atom is 0.238 e. The second-order valence-corrected chi connectivity index (χ2v) is 8.73. The Labute approximate surface area is 187 Å². The molecule has 0 spiro atoms. The Bertz CT molecular complexity index is 1260. The van der Waals surface area contributed by atoms with E-state index in [4.69, 9.17) is 16.3 Å². The summed E-state index contributed by atoms with van der Waals surface area (Å²) in [5, 5.41) is 12.6.